The number of benzene rings is 1. The van der Waals surface area contributed by atoms with Crippen LogP contribution in [0.15, 0.2) is 30.3 Å². The monoisotopic (exact) mass is 291 g/mol. The minimum atomic E-state index is -0.773. The second-order valence-electron chi connectivity index (χ2n) is 5.39. The highest BCUT2D eigenvalue weighted by Crippen LogP contribution is 2.38. The molecule has 1 saturated carbocycles. The fraction of sp³-hybridized carbons (Fsp3) is 0.467. The van der Waals surface area contributed by atoms with Crippen molar-refractivity contribution in [3.63, 3.8) is 0 Å². The number of primary amides is 1. The van der Waals surface area contributed by atoms with Crippen molar-refractivity contribution in [1.29, 1.82) is 0 Å². The molecule has 21 heavy (non-hydrogen) atoms. The van der Waals surface area contributed by atoms with Crippen LogP contribution in [0.5, 0.6) is 0 Å². The first kappa shape index (κ1) is 15.3. The number of hydrazine groups is 1. The van der Waals surface area contributed by atoms with Crippen LogP contribution in [-0.4, -0.2) is 12.0 Å². The molecule has 0 bridgehead atoms. The molecule has 6 heteroatoms. The Labute approximate surface area is 123 Å². The molecule has 2 rings (SSSR count). The van der Waals surface area contributed by atoms with Crippen LogP contribution in [0, 0.1) is 11.8 Å². The van der Waals surface area contributed by atoms with Crippen LogP contribution in [0.1, 0.15) is 37.4 Å². The van der Waals surface area contributed by atoms with E-state index in [1.54, 1.807) is 0 Å². The number of rotatable bonds is 4. The number of amides is 2. The number of carbonyl (C=O) groups is 2. The summed E-state index contributed by atoms with van der Waals surface area (Å²) >= 11 is 0. The summed E-state index contributed by atoms with van der Waals surface area (Å²) in [6.45, 7) is 0. The lowest BCUT2D eigenvalue weighted by Crippen LogP contribution is -2.38. The van der Waals surface area contributed by atoms with Crippen molar-refractivity contribution >= 4 is 12.0 Å². The Balaban J connectivity index is 2.06. The third kappa shape index (κ3) is 3.95. The van der Waals surface area contributed by atoms with Gasteiger partial charge in [-0.25, -0.2) is 10.6 Å². The zero-order valence-corrected chi connectivity index (χ0v) is 11.8. The topological polar surface area (TPSA) is 107 Å². The summed E-state index contributed by atoms with van der Waals surface area (Å²) in [7, 11) is 0. The maximum atomic E-state index is 11.5. The predicted molar refractivity (Wildman–Crippen MR) is 77.6 cm³/mol. The fourth-order valence-corrected chi connectivity index (χ4v) is 3.01. The lowest BCUT2D eigenvalue weighted by molar-refractivity contribution is -0.126. The van der Waals surface area contributed by atoms with Crippen LogP contribution < -0.4 is 17.0 Å². The highest BCUT2D eigenvalue weighted by molar-refractivity contribution is 5.78. The second-order valence-corrected chi connectivity index (χ2v) is 5.39. The van der Waals surface area contributed by atoms with E-state index in [0.717, 1.165) is 31.2 Å². The van der Waals surface area contributed by atoms with E-state index in [-0.39, 0.29) is 23.8 Å². The van der Waals surface area contributed by atoms with E-state index in [4.69, 9.17) is 16.3 Å². The van der Waals surface area contributed by atoms with Gasteiger partial charge in [0.25, 0.3) is 0 Å². The van der Waals surface area contributed by atoms with Crippen molar-refractivity contribution in [1.82, 2.24) is 5.43 Å². The van der Waals surface area contributed by atoms with Gasteiger partial charge in [-0.1, -0.05) is 30.3 Å². The standard InChI is InChI=1S/C15H21N3O3/c16-15(20)21-13(10-4-2-1-3-5-10)11-6-8-12(9-7-11)14(19)18-17/h1-5,11-13H,6-9,17H2,(H2,16,20)(H,18,19). The summed E-state index contributed by atoms with van der Waals surface area (Å²) in [5.74, 6) is 5.15. The SMILES string of the molecule is NNC(=O)C1CCC(C(OC(N)=O)c2ccccc2)CC1. The van der Waals surface area contributed by atoms with Gasteiger partial charge in [-0.3, -0.25) is 10.2 Å². The van der Waals surface area contributed by atoms with Gasteiger partial charge in [0.1, 0.15) is 6.10 Å². The van der Waals surface area contributed by atoms with E-state index in [2.05, 4.69) is 5.43 Å². The number of ether oxygens (including phenoxy) is 1. The summed E-state index contributed by atoms with van der Waals surface area (Å²) in [6.07, 6.45) is 1.94. The summed E-state index contributed by atoms with van der Waals surface area (Å²) in [5.41, 5.74) is 8.32. The third-order valence-corrected chi connectivity index (χ3v) is 4.08. The van der Waals surface area contributed by atoms with Crippen LogP contribution in [0.2, 0.25) is 0 Å². The molecule has 0 saturated heterocycles. The zero-order valence-electron chi connectivity index (χ0n) is 11.8. The van der Waals surface area contributed by atoms with Crippen LogP contribution in [-0.2, 0) is 9.53 Å². The number of nitrogens with one attached hydrogen (secondary N) is 1. The Morgan fingerprint density at radius 3 is 2.29 bits per heavy atom. The molecule has 1 aromatic carbocycles. The molecule has 5 N–H and O–H groups in total. The van der Waals surface area contributed by atoms with Gasteiger partial charge >= 0.3 is 6.09 Å². The first-order valence-electron chi connectivity index (χ1n) is 7.13. The Morgan fingerprint density at radius 2 is 1.76 bits per heavy atom. The largest absolute Gasteiger partial charge is 0.441 e. The normalized spacial score (nSPS) is 23.1. The number of hydrogen-bond acceptors (Lipinski definition) is 4. The molecule has 1 atom stereocenters. The Hall–Kier alpha value is -2.08. The number of nitrogens with two attached hydrogens (primary N) is 2. The first-order valence-corrected chi connectivity index (χ1v) is 7.13. The zero-order chi connectivity index (χ0) is 15.2. The fourth-order valence-electron chi connectivity index (χ4n) is 3.01. The number of hydrogen-bond donors (Lipinski definition) is 3. The molecule has 1 unspecified atom stereocenters. The van der Waals surface area contributed by atoms with Crippen molar-refractivity contribution in [3.05, 3.63) is 35.9 Å². The Kier molecular flexibility index (Phi) is 5.16. The van der Waals surface area contributed by atoms with Crippen molar-refractivity contribution in [2.24, 2.45) is 23.4 Å². The summed E-state index contributed by atoms with van der Waals surface area (Å²) in [5, 5.41) is 0. The molecule has 1 aromatic rings. The van der Waals surface area contributed by atoms with Crippen molar-refractivity contribution in [2.75, 3.05) is 0 Å². The van der Waals surface area contributed by atoms with Gasteiger partial charge in [-0.15, -0.1) is 0 Å². The molecule has 0 radical (unpaired) electrons. The average molecular weight is 291 g/mol. The molecule has 0 spiro atoms. The van der Waals surface area contributed by atoms with Crippen molar-refractivity contribution in [2.45, 2.75) is 31.8 Å². The minimum Gasteiger partial charge on any atom is -0.441 e. The van der Waals surface area contributed by atoms with Crippen molar-refractivity contribution in [3.8, 4) is 0 Å². The Bertz CT molecular complexity index is 484. The van der Waals surface area contributed by atoms with E-state index < -0.39 is 6.09 Å². The molecule has 2 amide bonds. The van der Waals surface area contributed by atoms with Gasteiger partial charge in [-0.2, -0.15) is 0 Å². The van der Waals surface area contributed by atoms with Gasteiger partial charge in [0.2, 0.25) is 5.91 Å². The minimum absolute atomic E-state index is 0.0590. The molecular formula is C15H21N3O3. The van der Waals surface area contributed by atoms with E-state index in [1.165, 1.54) is 0 Å². The first-order chi connectivity index (χ1) is 10.1. The molecule has 1 fully saturated rings. The molecule has 0 heterocycles. The predicted octanol–water partition coefficient (Wildman–Crippen LogP) is 1.62. The van der Waals surface area contributed by atoms with Gasteiger partial charge in [0.05, 0.1) is 0 Å². The van der Waals surface area contributed by atoms with Gasteiger partial charge in [-0.05, 0) is 31.2 Å². The van der Waals surface area contributed by atoms with Crippen LogP contribution in [0.3, 0.4) is 0 Å². The van der Waals surface area contributed by atoms with Crippen LogP contribution in [0.4, 0.5) is 4.79 Å². The van der Waals surface area contributed by atoms with Gasteiger partial charge < -0.3 is 10.5 Å². The lowest BCUT2D eigenvalue weighted by Gasteiger charge is -2.32. The van der Waals surface area contributed by atoms with E-state index >= 15 is 0 Å². The number of carbonyl (C=O) groups excluding carboxylic acids is 2. The molecule has 6 nitrogen and oxygen atoms in total. The van der Waals surface area contributed by atoms with E-state index in [1.807, 2.05) is 30.3 Å². The molecule has 114 valence electrons. The lowest BCUT2D eigenvalue weighted by atomic mass is 9.77. The molecule has 0 aromatic heterocycles. The molecule has 1 aliphatic rings. The average Bonchev–Trinajstić information content (AvgIpc) is 2.53. The van der Waals surface area contributed by atoms with Gasteiger partial charge in [0, 0.05) is 11.8 Å². The van der Waals surface area contributed by atoms with E-state index in [9.17, 15) is 9.59 Å². The summed E-state index contributed by atoms with van der Waals surface area (Å²) in [6, 6.07) is 9.56. The molecule has 0 aliphatic heterocycles. The maximum absolute atomic E-state index is 11.5. The summed E-state index contributed by atoms with van der Waals surface area (Å²) < 4.78 is 5.31. The second kappa shape index (κ2) is 7.08. The molecular weight excluding hydrogens is 270 g/mol. The maximum Gasteiger partial charge on any atom is 0.405 e. The summed E-state index contributed by atoms with van der Waals surface area (Å²) in [4.78, 5) is 22.7. The smallest absolute Gasteiger partial charge is 0.405 e. The van der Waals surface area contributed by atoms with Crippen molar-refractivity contribution < 1.29 is 14.3 Å². The van der Waals surface area contributed by atoms with Crippen LogP contribution in [0.25, 0.3) is 0 Å². The quantitative estimate of drug-likeness (QED) is 0.445. The van der Waals surface area contributed by atoms with Crippen LogP contribution >= 0.6 is 0 Å². The highest BCUT2D eigenvalue weighted by Gasteiger charge is 2.33. The van der Waals surface area contributed by atoms with E-state index in [0.29, 0.717) is 0 Å². The molecule has 1 aliphatic carbocycles. The van der Waals surface area contributed by atoms with Gasteiger partial charge in [0.15, 0.2) is 0 Å². The third-order valence-electron chi connectivity index (χ3n) is 4.08. The Morgan fingerprint density at radius 1 is 1.14 bits per heavy atom. The highest BCUT2D eigenvalue weighted by atomic mass is 16.6.